The molecule has 2 N–H and O–H groups in total. The number of alkyl halides is 3. The van der Waals surface area contributed by atoms with Crippen LogP contribution in [-0.2, 0) is 12.7 Å². The molecule has 0 heterocycles. The lowest BCUT2D eigenvalue weighted by Gasteiger charge is -2.08. The number of rotatable bonds is 3. The summed E-state index contributed by atoms with van der Waals surface area (Å²) in [6.07, 6.45) is -4.46. The highest BCUT2D eigenvalue weighted by Gasteiger charge is 2.32. The number of carbonyl (C=O) groups excluding carboxylic acids is 1. The second kappa shape index (κ2) is 8.45. The normalized spacial score (nSPS) is 10.6. The fraction of sp³-hybridized carbons (Fsp3) is 0.167. The van der Waals surface area contributed by atoms with E-state index in [1.54, 1.807) is 24.3 Å². The summed E-state index contributed by atoms with van der Waals surface area (Å²) in [7, 11) is 0. The quantitative estimate of drug-likeness (QED) is 0.785. The number of benzene rings is 2. The molecule has 3 nitrogen and oxygen atoms in total. The Balaban J connectivity index is 1.84. The number of nitrogens with one attached hydrogen (secondary N) is 2. The predicted molar refractivity (Wildman–Crippen MR) is 90.0 cm³/mol. The van der Waals surface area contributed by atoms with Crippen molar-refractivity contribution in [3.63, 3.8) is 0 Å². The molecule has 0 fully saturated rings. The van der Waals surface area contributed by atoms with E-state index in [2.05, 4.69) is 22.5 Å². The van der Waals surface area contributed by atoms with Crippen molar-refractivity contribution >= 4 is 17.6 Å². The van der Waals surface area contributed by atoms with Gasteiger partial charge in [-0.1, -0.05) is 47.7 Å². The monoisotopic (exact) mass is 366 g/mol. The lowest BCUT2D eigenvalue weighted by atomic mass is 10.1. The Morgan fingerprint density at radius 3 is 2.40 bits per heavy atom. The molecule has 2 amide bonds. The summed E-state index contributed by atoms with van der Waals surface area (Å²) in [5.74, 6) is 4.94. The maximum Gasteiger partial charge on any atom is 0.417 e. The Hall–Kier alpha value is -2.65. The Kier molecular flexibility index (Phi) is 6.31. The maximum absolute atomic E-state index is 12.8. The highest BCUT2D eigenvalue weighted by atomic mass is 35.5. The van der Waals surface area contributed by atoms with Crippen molar-refractivity contribution in [3.8, 4) is 11.8 Å². The van der Waals surface area contributed by atoms with Gasteiger partial charge in [-0.3, -0.25) is 0 Å². The minimum atomic E-state index is -4.46. The molecule has 0 bridgehead atoms. The first kappa shape index (κ1) is 18.7. The van der Waals surface area contributed by atoms with Gasteiger partial charge in [-0.25, -0.2) is 4.79 Å². The first-order valence-corrected chi connectivity index (χ1v) is 7.65. The molecule has 2 rings (SSSR count). The third-order valence-corrected chi connectivity index (χ3v) is 3.41. The van der Waals surface area contributed by atoms with Crippen LogP contribution in [0.25, 0.3) is 0 Å². The molecule has 2 aromatic rings. The van der Waals surface area contributed by atoms with Crippen molar-refractivity contribution in [2.24, 2.45) is 0 Å². The molecule has 0 unspecified atom stereocenters. The van der Waals surface area contributed by atoms with Crippen LogP contribution in [-0.4, -0.2) is 12.6 Å². The SMILES string of the molecule is O=C(NCC#Cc1ccccc1C(F)(F)F)NCc1ccc(Cl)cc1. The first-order valence-electron chi connectivity index (χ1n) is 7.27. The van der Waals surface area contributed by atoms with E-state index in [1.165, 1.54) is 18.2 Å². The highest BCUT2D eigenvalue weighted by molar-refractivity contribution is 6.30. The largest absolute Gasteiger partial charge is 0.417 e. The van der Waals surface area contributed by atoms with E-state index in [4.69, 9.17) is 11.6 Å². The number of carbonyl (C=O) groups is 1. The maximum atomic E-state index is 12.8. The van der Waals surface area contributed by atoms with Crippen molar-refractivity contribution in [1.82, 2.24) is 10.6 Å². The second-order valence-corrected chi connectivity index (χ2v) is 5.44. The van der Waals surface area contributed by atoms with E-state index in [-0.39, 0.29) is 12.1 Å². The smallest absolute Gasteiger partial charge is 0.334 e. The zero-order valence-corrected chi connectivity index (χ0v) is 13.7. The lowest BCUT2D eigenvalue weighted by Crippen LogP contribution is -2.35. The summed E-state index contributed by atoms with van der Waals surface area (Å²) in [5, 5.41) is 5.67. The number of urea groups is 1. The van der Waals surface area contributed by atoms with E-state index in [9.17, 15) is 18.0 Å². The van der Waals surface area contributed by atoms with Crippen molar-refractivity contribution in [2.45, 2.75) is 12.7 Å². The summed E-state index contributed by atoms with van der Waals surface area (Å²) in [5.41, 5.74) is -0.0576. The molecule has 0 aliphatic heterocycles. The van der Waals surface area contributed by atoms with Crippen LogP contribution in [0.3, 0.4) is 0 Å². The Morgan fingerprint density at radius 1 is 1.04 bits per heavy atom. The topological polar surface area (TPSA) is 41.1 Å². The number of hydrogen-bond donors (Lipinski definition) is 2. The van der Waals surface area contributed by atoms with Crippen LogP contribution in [0.4, 0.5) is 18.0 Å². The van der Waals surface area contributed by atoms with Crippen LogP contribution < -0.4 is 10.6 Å². The van der Waals surface area contributed by atoms with E-state index < -0.39 is 17.8 Å². The minimum Gasteiger partial charge on any atom is -0.334 e. The Labute approximate surface area is 148 Å². The van der Waals surface area contributed by atoms with Crippen molar-refractivity contribution < 1.29 is 18.0 Å². The third-order valence-electron chi connectivity index (χ3n) is 3.16. The molecule has 0 saturated heterocycles. The number of halogens is 4. The van der Waals surface area contributed by atoms with Gasteiger partial charge in [0.2, 0.25) is 0 Å². The van der Waals surface area contributed by atoms with Gasteiger partial charge in [0.1, 0.15) is 0 Å². The summed E-state index contributed by atoms with van der Waals surface area (Å²) in [4.78, 5) is 11.6. The van der Waals surface area contributed by atoms with Crippen LogP contribution in [0.1, 0.15) is 16.7 Å². The van der Waals surface area contributed by atoms with Crippen LogP contribution in [0.2, 0.25) is 5.02 Å². The van der Waals surface area contributed by atoms with Gasteiger partial charge in [0.05, 0.1) is 12.1 Å². The standard InChI is InChI=1S/C18H14ClF3N2O/c19-15-9-7-13(8-10-15)12-24-17(25)23-11-3-5-14-4-1-2-6-16(14)18(20,21)22/h1-2,4,6-10H,11-12H2,(H2,23,24,25). The fourth-order valence-corrected chi connectivity index (χ4v) is 2.08. The van der Waals surface area contributed by atoms with Gasteiger partial charge in [0.15, 0.2) is 0 Å². The van der Waals surface area contributed by atoms with Crippen molar-refractivity contribution in [2.75, 3.05) is 6.54 Å². The van der Waals surface area contributed by atoms with Gasteiger partial charge in [0.25, 0.3) is 0 Å². The fourth-order valence-electron chi connectivity index (χ4n) is 1.95. The molecule has 0 saturated carbocycles. The van der Waals surface area contributed by atoms with Gasteiger partial charge < -0.3 is 10.6 Å². The van der Waals surface area contributed by atoms with Crippen LogP contribution in [0.5, 0.6) is 0 Å². The molecule has 2 aromatic carbocycles. The molecule has 7 heteroatoms. The molecule has 0 radical (unpaired) electrons. The van der Waals surface area contributed by atoms with Crippen LogP contribution >= 0.6 is 11.6 Å². The van der Waals surface area contributed by atoms with Crippen LogP contribution in [0.15, 0.2) is 48.5 Å². The zero-order chi connectivity index (χ0) is 18.3. The van der Waals surface area contributed by atoms with Gasteiger partial charge in [-0.15, -0.1) is 0 Å². The van der Waals surface area contributed by atoms with E-state index in [0.29, 0.717) is 11.6 Å². The van der Waals surface area contributed by atoms with E-state index in [0.717, 1.165) is 11.6 Å². The highest BCUT2D eigenvalue weighted by Crippen LogP contribution is 2.31. The van der Waals surface area contributed by atoms with E-state index in [1.807, 2.05) is 0 Å². The molecular weight excluding hydrogens is 353 g/mol. The molecule has 0 aliphatic rings. The molecular formula is C18H14ClF3N2O. The summed E-state index contributed by atoms with van der Waals surface area (Å²) >= 11 is 5.76. The number of hydrogen-bond acceptors (Lipinski definition) is 1. The average Bonchev–Trinajstić information content (AvgIpc) is 2.58. The molecule has 0 atom stereocenters. The third kappa shape index (κ3) is 6.05. The van der Waals surface area contributed by atoms with E-state index >= 15 is 0 Å². The van der Waals surface area contributed by atoms with Crippen molar-refractivity contribution in [3.05, 3.63) is 70.2 Å². The predicted octanol–water partition coefficient (Wildman–Crippen LogP) is 4.21. The molecule has 0 aromatic heterocycles. The van der Waals surface area contributed by atoms with Gasteiger partial charge >= 0.3 is 12.2 Å². The zero-order valence-electron chi connectivity index (χ0n) is 13.0. The molecule has 0 spiro atoms. The number of amides is 2. The molecule has 0 aliphatic carbocycles. The minimum absolute atomic E-state index is 0.0708. The summed E-state index contributed by atoms with van der Waals surface area (Å²) in [6.45, 7) is 0.228. The van der Waals surface area contributed by atoms with Gasteiger partial charge in [-0.2, -0.15) is 13.2 Å². The van der Waals surface area contributed by atoms with Gasteiger partial charge in [-0.05, 0) is 29.8 Å². The van der Waals surface area contributed by atoms with Gasteiger partial charge in [0, 0.05) is 17.1 Å². The first-order chi connectivity index (χ1) is 11.9. The summed E-state index contributed by atoms with van der Waals surface area (Å²) in [6, 6.07) is 11.5. The molecule has 25 heavy (non-hydrogen) atoms. The lowest BCUT2D eigenvalue weighted by molar-refractivity contribution is -0.137. The molecule has 130 valence electrons. The van der Waals surface area contributed by atoms with Crippen molar-refractivity contribution in [1.29, 1.82) is 0 Å². The summed E-state index contributed by atoms with van der Waals surface area (Å²) < 4.78 is 38.4. The average molecular weight is 367 g/mol. The Bertz CT molecular complexity index is 792. The Morgan fingerprint density at radius 2 is 1.72 bits per heavy atom. The second-order valence-electron chi connectivity index (χ2n) is 5.01. The van der Waals surface area contributed by atoms with Crippen LogP contribution in [0, 0.1) is 11.8 Å².